The van der Waals surface area contributed by atoms with Crippen LogP contribution in [-0.2, 0) is 6.42 Å². The molecule has 0 aliphatic carbocycles. The van der Waals surface area contributed by atoms with Gasteiger partial charge in [-0.1, -0.05) is 30.3 Å². The van der Waals surface area contributed by atoms with Crippen molar-refractivity contribution in [3.63, 3.8) is 0 Å². The molecule has 0 atom stereocenters. The van der Waals surface area contributed by atoms with Gasteiger partial charge in [0.2, 0.25) is 0 Å². The molecule has 0 spiro atoms. The largest absolute Gasteiger partial charge is 0.493 e. The molecule has 2 aromatic carbocycles. The second kappa shape index (κ2) is 6.62. The van der Waals surface area contributed by atoms with Crippen LogP contribution in [0.25, 0.3) is 11.3 Å². The van der Waals surface area contributed by atoms with Crippen molar-refractivity contribution >= 4 is 17.0 Å². The number of hydrogen-bond acceptors (Lipinski definition) is 4. The molecule has 0 saturated carbocycles. The Bertz CT molecular complexity index is 767. The van der Waals surface area contributed by atoms with E-state index in [9.17, 15) is 0 Å². The Morgan fingerprint density at radius 3 is 2.82 bits per heavy atom. The predicted octanol–water partition coefficient (Wildman–Crippen LogP) is 4.32. The highest BCUT2D eigenvalue weighted by molar-refractivity contribution is 7.09. The summed E-state index contributed by atoms with van der Waals surface area (Å²) in [7, 11) is 0. The third kappa shape index (κ3) is 3.46. The van der Waals surface area contributed by atoms with Gasteiger partial charge in [0.1, 0.15) is 5.75 Å². The Balaban J connectivity index is 1.62. The number of thiazole rings is 1. The van der Waals surface area contributed by atoms with Gasteiger partial charge in [0.05, 0.1) is 17.3 Å². The molecule has 0 unspecified atom stereocenters. The number of ether oxygens (including phenoxy) is 1. The normalized spacial score (nSPS) is 10.6. The molecule has 0 fully saturated rings. The molecule has 2 N–H and O–H groups in total. The molecule has 0 aliphatic rings. The zero-order chi connectivity index (χ0) is 15.4. The van der Waals surface area contributed by atoms with Gasteiger partial charge in [-0.05, 0) is 30.7 Å². The number of aryl methyl sites for hydroxylation is 1. The smallest absolute Gasteiger partial charge is 0.122 e. The molecule has 4 heteroatoms. The van der Waals surface area contributed by atoms with E-state index in [2.05, 4.69) is 23.4 Å². The molecule has 112 valence electrons. The van der Waals surface area contributed by atoms with E-state index >= 15 is 0 Å². The lowest BCUT2D eigenvalue weighted by molar-refractivity contribution is 0.319. The van der Waals surface area contributed by atoms with Crippen LogP contribution in [0.1, 0.15) is 10.6 Å². The quantitative estimate of drug-likeness (QED) is 0.714. The number of nitrogens with zero attached hydrogens (tertiary/aromatic N) is 1. The van der Waals surface area contributed by atoms with Crippen molar-refractivity contribution in [2.45, 2.75) is 13.3 Å². The third-order valence-electron chi connectivity index (χ3n) is 3.40. The molecule has 0 saturated heterocycles. The Kier molecular flexibility index (Phi) is 4.39. The standard InChI is InChI=1S/C18H18N2OS/c1-13-5-2-3-8-17(13)21-10-9-18-20-16(12-22-18)14-6-4-7-15(19)11-14/h2-8,11-12H,9-10,19H2,1H3. The zero-order valence-corrected chi connectivity index (χ0v) is 13.3. The van der Waals surface area contributed by atoms with Crippen LogP contribution in [-0.4, -0.2) is 11.6 Å². The second-order valence-electron chi connectivity index (χ2n) is 5.12. The van der Waals surface area contributed by atoms with Crippen molar-refractivity contribution < 1.29 is 4.74 Å². The van der Waals surface area contributed by atoms with Crippen LogP contribution in [0.2, 0.25) is 0 Å². The van der Waals surface area contributed by atoms with Gasteiger partial charge in [-0.25, -0.2) is 4.98 Å². The number of benzene rings is 2. The van der Waals surface area contributed by atoms with E-state index in [1.807, 2.05) is 42.5 Å². The summed E-state index contributed by atoms with van der Waals surface area (Å²) in [6.07, 6.45) is 0.807. The lowest BCUT2D eigenvalue weighted by Gasteiger charge is -2.07. The highest BCUT2D eigenvalue weighted by atomic mass is 32.1. The van der Waals surface area contributed by atoms with Crippen molar-refractivity contribution in [2.75, 3.05) is 12.3 Å². The monoisotopic (exact) mass is 310 g/mol. The number of nitrogens with two attached hydrogens (primary N) is 1. The summed E-state index contributed by atoms with van der Waals surface area (Å²) in [6.45, 7) is 2.69. The maximum Gasteiger partial charge on any atom is 0.122 e. The van der Waals surface area contributed by atoms with Crippen LogP contribution in [0.4, 0.5) is 5.69 Å². The first-order valence-electron chi connectivity index (χ1n) is 7.21. The molecule has 0 aliphatic heterocycles. The number of rotatable bonds is 5. The minimum atomic E-state index is 0.634. The summed E-state index contributed by atoms with van der Waals surface area (Å²) >= 11 is 1.66. The molecule has 3 aromatic rings. The number of anilines is 1. The number of aromatic nitrogens is 1. The Morgan fingerprint density at radius 1 is 1.14 bits per heavy atom. The molecule has 3 nitrogen and oxygen atoms in total. The fraction of sp³-hybridized carbons (Fsp3) is 0.167. The first kappa shape index (κ1) is 14.6. The average Bonchev–Trinajstić information content (AvgIpc) is 2.98. The zero-order valence-electron chi connectivity index (χ0n) is 12.5. The number of nitrogen functional groups attached to an aromatic ring is 1. The highest BCUT2D eigenvalue weighted by Gasteiger charge is 2.06. The van der Waals surface area contributed by atoms with E-state index in [0.717, 1.165) is 39.7 Å². The van der Waals surface area contributed by atoms with Crippen LogP contribution in [0.5, 0.6) is 5.75 Å². The summed E-state index contributed by atoms with van der Waals surface area (Å²) in [5, 5.41) is 3.14. The van der Waals surface area contributed by atoms with E-state index in [4.69, 9.17) is 10.5 Å². The van der Waals surface area contributed by atoms with Gasteiger partial charge in [0.25, 0.3) is 0 Å². The molecule has 0 bridgehead atoms. The second-order valence-corrected chi connectivity index (χ2v) is 6.06. The highest BCUT2D eigenvalue weighted by Crippen LogP contribution is 2.24. The summed E-state index contributed by atoms with van der Waals surface area (Å²) < 4.78 is 5.82. The van der Waals surface area contributed by atoms with Gasteiger partial charge in [-0.3, -0.25) is 0 Å². The fourth-order valence-corrected chi connectivity index (χ4v) is 3.01. The van der Waals surface area contributed by atoms with E-state index < -0.39 is 0 Å². The maximum absolute atomic E-state index is 5.82. The Hall–Kier alpha value is -2.33. The molecular weight excluding hydrogens is 292 g/mol. The first-order valence-corrected chi connectivity index (χ1v) is 8.09. The molecular formula is C18H18N2OS. The Labute approximate surface area is 134 Å². The van der Waals surface area contributed by atoms with E-state index in [1.165, 1.54) is 0 Å². The maximum atomic E-state index is 5.82. The summed E-state index contributed by atoms with van der Waals surface area (Å²) in [5.41, 5.74) is 9.76. The number of para-hydroxylation sites is 1. The lowest BCUT2D eigenvalue weighted by atomic mass is 10.1. The van der Waals surface area contributed by atoms with Crippen LogP contribution >= 0.6 is 11.3 Å². The topological polar surface area (TPSA) is 48.1 Å². The number of hydrogen-bond donors (Lipinski definition) is 1. The van der Waals surface area contributed by atoms with Crippen LogP contribution in [0, 0.1) is 6.92 Å². The van der Waals surface area contributed by atoms with E-state index in [-0.39, 0.29) is 0 Å². The van der Waals surface area contributed by atoms with Crippen molar-refractivity contribution in [1.29, 1.82) is 0 Å². The molecule has 0 amide bonds. The van der Waals surface area contributed by atoms with E-state index in [1.54, 1.807) is 11.3 Å². The summed E-state index contributed by atoms with van der Waals surface area (Å²) in [4.78, 5) is 4.66. The molecule has 1 aromatic heterocycles. The molecule has 3 rings (SSSR count). The van der Waals surface area contributed by atoms with Gasteiger partial charge in [-0.15, -0.1) is 11.3 Å². The van der Waals surface area contributed by atoms with Gasteiger partial charge in [0, 0.05) is 23.1 Å². The van der Waals surface area contributed by atoms with Gasteiger partial charge >= 0.3 is 0 Å². The predicted molar refractivity (Wildman–Crippen MR) is 92.3 cm³/mol. The van der Waals surface area contributed by atoms with Crippen LogP contribution in [0.3, 0.4) is 0 Å². The van der Waals surface area contributed by atoms with Gasteiger partial charge < -0.3 is 10.5 Å². The molecule has 1 heterocycles. The third-order valence-corrected chi connectivity index (χ3v) is 4.31. The fourth-order valence-electron chi connectivity index (χ4n) is 2.22. The first-order chi connectivity index (χ1) is 10.7. The van der Waals surface area contributed by atoms with Crippen LogP contribution in [0.15, 0.2) is 53.9 Å². The van der Waals surface area contributed by atoms with Crippen LogP contribution < -0.4 is 10.5 Å². The van der Waals surface area contributed by atoms with Crippen molar-refractivity contribution in [3.8, 4) is 17.0 Å². The average molecular weight is 310 g/mol. The summed E-state index contributed by atoms with van der Waals surface area (Å²) in [5.74, 6) is 0.940. The molecule has 0 radical (unpaired) electrons. The SMILES string of the molecule is Cc1ccccc1OCCc1nc(-c2cccc(N)c2)cs1. The van der Waals surface area contributed by atoms with Crippen molar-refractivity contribution in [2.24, 2.45) is 0 Å². The minimum absolute atomic E-state index is 0.634. The van der Waals surface area contributed by atoms with E-state index in [0.29, 0.717) is 6.61 Å². The van der Waals surface area contributed by atoms with Gasteiger partial charge in [-0.2, -0.15) is 0 Å². The van der Waals surface area contributed by atoms with Crippen molar-refractivity contribution in [3.05, 3.63) is 64.5 Å². The lowest BCUT2D eigenvalue weighted by Crippen LogP contribution is -2.02. The summed E-state index contributed by atoms with van der Waals surface area (Å²) in [6, 6.07) is 15.9. The van der Waals surface area contributed by atoms with Crippen molar-refractivity contribution in [1.82, 2.24) is 4.98 Å². The Morgan fingerprint density at radius 2 is 2.00 bits per heavy atom. The minimum Gasteiger partial charge on any atom is -0.493 e. The molecule has 22 heavy (non-hydrogen) atoms. The van der Waals surface area contributed by atoms with Gasteiger partial charge in [0.15, 0.2) is 0 Å².